The predicted molar refractivity (Wildman–Crippen MR) is 112 cm³/mol. The number of carbonyl (C=O) groups excluding carboxylic acids is 1. The highest BCUT2D eigenvalue weighted by Crippen LogP contribution is 2.19. The van der Waals surface area contributed by atoms with Gasteiger partial charge in [-0.25, -0.2) is 0 Å². The van der Waals surface area contributed by atoms with Gasteiger partial charge in [-0.1, -0.05) is 24.3 Å². The first-order valence-corrected chi connectivity index (χ1v) is 9.44. The van der Waals surface area contributed by atoms with Crippen molar-refractivity contribution in [3.63, 3.8) is 0 Å². The van der Waals surface area contributed by atoms with Crippen molar-refractivity contribution in [3.8, 4) is 0 Å². The Hall–Kier alpha value is -3.34. The Kier molecular flexibility index (Phi) is 4.74. The fourth-order valence-electron chi connectivity index (χ4n) is 3.56. The van der Waals surface area contributed by atoms with Crippen molar-refractivity contribution in [3.05, 3.63) is 81.8 Å². The van der Waals surface area contributed by atoms with E-state index < -0.39 is 0 Å². The highest BCUT2D eigenvalue weighted by molar-refractivity contribution is 5.82. The van der Waals surface area contributed by atoms with E-state index in [1.54, 1.807) is 0 Å². The summed E-state index contributed by atoms with van der Waals surface area (Å²) in [6.07, 6.45) is 0.705. The smallest absolute Gasteiger partial charge is 0.251 e. The van der Waals surface area contributed by atoms with E-state index in [1.807, 2.05) is 43.4 Å². The van der Waals surface area contributed by atoms with Crippen LogP contribution in [0.25, 0.3) is 21.8 Å². The molecule has 142 valence electrons. The minimum atomic E-state index is -0.128. The molecule has 0 atom stereocenters. The number of carbonyl (C=O) groups is 1. The first-order valence-electron chi connectivity index (χ1n) is 9.44. The Bertz CT molecular complexity index is 1230. The molecule has 2 aromatic heterocycles. The Morgan fingerprint density at radius 3 is 2.75 bits per heavy atom. The molecule has 0 aliphatic heterocycles. The van der Waals surface area contributed by atoms with Gasteiger partial charge in [0.1, 0.15) is 0 Å². The maximum atomic E-state index is 12.3. The van der Waals surface area contributed by atoms with Crippen molar-refractivity contribution in [2.75, 3.05) is 0 Å². The zero-order valence-electron chi connectivity index (χ0n) is 16.1. The molecule has 5 heteroatoms. The van der Waals surface area contributed by atoms with Crippen molar-refractivity contribution < 1.29 is 4.79 Å². The summed E-state index contributed by atoms with van der Waals surface area (Å²) < 4.78 is 2.15. The predicted octanol–water partition coefficient (Wildman–Crippen LogP) is 3.58. The summed E-state index contributed by atoms with van der Waals surface area (Å²) >= 11 is 0. The highest BCUT2D eigenvalue weighted by atomic mass is 16.1. The van der Waals surface area contributed by atoms with Gasteiger partial charge in [0.15, 0.2) is 0 Å². The van der Waals surface area contributed by atoms with E-state index in [9.17, 15) is 9.59 Å². The summed E-state index contributed by atoms with van der Waals surface area (Å²) in [6, 6.07) is 17.9. The minimum Gasteiger partial charge on any atom is -0.352 e. The number of rotatable bonds is 5. The van der Waals surface area contributed by atoms with E-state index in [1.165, 1.54) is 16.6 Å². The van der Waals surface area contributed by atoms with Crippen LogP contribution in [0.3, 0.4) is 0 Å². The lowest BCUT2D eigenvalue weighted by Crippen LogP contribution is -2.24. The van der Waals surface area contributed by atoms with E-state index in [4.69, 9.17) is 0 Å². The third-order valence-corrected chi connectivity index (χ3v) is 5.29. The van der Waals surface area contributed by atoms with E-state index in [0.29, 0.717) is 18.5 Å². The molecule has 4 rings (SSSR count). The molecule has 28 heavy (non-hydrogen) atoms. The molecular formula is C23H23N3O2. The summed E-state index contributed by atoms with van der Waals surface area (Å²) in [5, 5.41) is 5.11. The van der Waals surface area contributed by atoms with Crippen LogP contribution >= 0.6 is 0 Å². The number of pyridine rings is 1. The van der Waals surface area contributed by atoms with Gasteiger partial charge in [0.2, 0.25) is 5.91 Å². The first-order chi connectivity index (χ1) is 13.5. The molecule has 0 radical (unpaired) electrons. The largest absolute Gasteiger partial charge is 0.352 e. The molecular weight excluding hydrogens is 350 g/mol. The van der Waals surface area contributed by atoms with Gasteiger partial charge in [0.05, 0.1) is 0 Å². The van der Waals surface area contributed by atoms with E-state index in [0.717, 1.165) is 16.5 Å². The molecule has 2 heterocycles. The summed E-state index contributed by atoms with van der Waals surface area (Å²) in [7, 11) is 2.05. The number of aryl methyl sites for hydroxylation is 3. The quantitative estimate of drug-likeness (QED) is 0.562. The van der Waals surface area contributed by atoms with Crippen molar-refractivity contribution in [2.24, 2.45) is 7.05 Å². The monoisotopic (exact) mass is 373 g/mol. The minimum absolute atomic E-state index is 0.0584. The number of nitrogens with zero attached hydrogens (tertiary/aromatic N) is 1. The summed E-state index contributed by atoms with van der Waals surface area (Å²) in [6.45, 7) is 2.56. The molecule has 2 N–H and O–H groups in total. The maximum Gasteiger partial charge on any atom is 0.251 e. The third kappa shape index (κ3) is 3.56. The van der Waals surface area contributed by atoms with E-state index in [-0.39, 0.29) is 17.9 Å². The molecule has 0 spiro atoms. The summed E-state index contributed by atoms with van der Waals surface area (Å²) in [5.41, 5.74) is 4.77. The van der Waals surface area contributed by atoms with Gasteiger partial charge in [-0.15, -0.1) is 0 Å². The Morgan fingerprint density at radius 2 is 1.89 bits per heavy atom. The van der Waals surface area contributed by atoms with Crippen LogP contribution in [0, 0.1) is 6.92 Å². The van der Waals surface area contributed by atoms with Crippen LogP contribution in [0.2, 0.25) is 0 Å². The molecule has 0 bridgehead atoms. The molecule has 0 saturated heterocycles. The topological polar surface area (TPSA) is 66.9 Å². The van der Waals surface area contributed by atoms with Gasteiger partial charge in [-0.3, -0.25) is 9.59 Å². The fraction of sp³-hybridized carbons (Fsp3) is 0.217. The summed E-state index contributed by atoms with van der Waals surface area (Å²) in [4.78, 5) is 27.3. The fourth-order valence-corrected chi connectivity index (χ4v) is 3.56. The van der Waals surface area contributed by atoms with Crippen LogP contribution in [0.1, 0.15) is 23.2 Å². The van der Waals surface area contributed by atoms with Crippen molar-refractivity contribution in [1.29, 1.82) is 0 Å². The van der Waals surface area contributed by atoms with Gasteiger partial charge in [0, 0.05) is 47.7 Å². The van der Waals surface area contributed by atoms with Crippen LogP contribution in [-0.4, -0.2) is 15.5 Å². The zero-order valence-corrected chi connectivity index (χ0v) is 16.1. The Morgan fingerprint density at radius 1 is 1.07 bits per heavy atom. The lowest BCUT2D eigenvalue weighted by molar-refractivity contribution is -0.121. The number of amides is 1. The van der Waals surface area contributed by atoms with Gasteiger partial charge in [0.25, 0.3) is 5.56 Å². The van der Waals surface area contributed by atoms with E-state index >= 15 is 0 Å². The SMILES string of the molecule is Cc1cc2cc(CNC(=O)CCc3cc4ccccc4[nH]c3=O)ccc2n1C. The van der Waals surface area contributed by atoms with Crippen molar-refractivity contribution in [2.45, 2.75) is 26.3 Å². The number of H-pyrrole nitrogens is 1. The number of benzene rings is 2. The number of hydrogen-bond donors (Lipinski definition) is 2. The molecule has 0 unspecified atom stereocenters. The number of aromatic amines is 1. The van der Waals surface area contributed by atoms with Crippen LogP contribution in [0.15, 0.2) is 59.4 Å². The second kappa shape index (κ2) is 7.35. The van der Waals surface area contributed by atoms with Crippen LogP contribution < -0.4 is 10.9 Å². The highest BCUT2D eigenvalue weighted by Gasteiger charge is 2.08. The van der Waals surface area contributed by atoms with Crippen LogP contribution in [-0.2, 0) is 24.8 Å². The molecule has 0 saturated carbocycles. The standard InChI is InChI=1S/C23H23N3O2/c1-15-11-19-12-16(7-9-21(19)26(15)2)14-24-22(27)10-8-18-13-17-5-3-4-6-20(17)25-23(18)28/h3-7,9,11-13H,8,10,14H2,1-2H3,(H,24,27)(H,25,28). The number of aromatic nitrogens is 2. The van der Waals surface area contributed by atoms with E-state index in [2.05, 4.69) is 40.0 Å². The number of fused-ring (bicyclic) bond motifs is 2. The Balaban J connectivity index is 1.38. The maximum absolute atomic E-state index is 12.3. The van der Waals surface area contributed by atoms with Crippen molar-refractivity contribution in [1.82, 2.24) is 14.9 Å². The molecule has 0 aliphatic rings. The molecule has 0 fully saturated rings. The molecule has 2 aromatic carbocycles. The number of hydrogen-bond acceptors (Lipinski definition) is 2. The van der Waals surface area contributed by atoms with Crippen LogP contribution in [0.5, 0.6) is 0 Å². The second-order valence-corrected chi connectivity index (χ2v) is 7.23. The Labute approximate surface area is 163 Å². The molecule has 4 aromatic rings. The molecule has 1 amide bonds. The van der Waals surface area contributed by atoms with Gasteiger partial charge < -0.3 is 14.9 Å². The first kappa shape index (κ1) is 18.0. The van der Waals surface area contributed by atoms with Gasteiger partial charge in [-0.2, -0.15) is 0 Å². The van der Waals surface area contributed by atoms with Gasteiger partial charge >= 0.3 is 0 Å². The average molecular weight is 373 g/mol. The normalized spacial score (nSPS) is 11.2. The lowest BCUT2D eigenvalue weighted by atomic mass is 10.1. The third-order valence-electron chi connectivity index (χ3n) is 5.29. The lowest BCUT2D eigenvalue weighted by Gasteiger charge is -2.07. The molecule has 5 nitrogen and oxygen atoms in total. The van der Waals surface area contributed by atoms with Crippen molar-refractivity contribution >= 4 is 27.7 Å². The molecule has 0 aliphatic carbocycles. The van der Waals surface area contributed by atoms with Gasteiger partial charge in [-0.05, 0) is 54.6 Å². The number of nitrogens with one attached hydrogen (secondary N) is 2. The average Bonchev–Trinajstić information content (AvgIpc) is 2.98. The second-order valence-electron chi connectivity index (χ2n) is 7.23. The summed E-state index contributed by atoms with van der Waals surface area (Å²) in [5.74, 6) is -0.0584. The number of para-hydroxylation sites is 1. The zero-order chi connectivity index (χ0) is 19.7. The van der Waals surface area contributed by atoms with Crippen LogP contribution in [0.4, 0.5) is 0 Å².